The number of hydrogen-bond donors (Lipinski definition) is 1. The molecule has 3 nitrogen and oxygen atoms in total. The highest BCUT2D eigenvalue weighted by Crippen LogP contribution is 2.33. The lowest BCUT2D eigenvalue weighted by Crippen LogP contribution is -2.59. The molecule has 0 spiro atoms. The van der Waals surface area contributed by atoms with E-state index in [1.54, 1.807) is 6.92 Å². The summed E-state index contributed by atoms with van der Waals surface area (Å²) >= 11 is 0. The average molecular weight is 327 g/mol. The number of halogens is 2. The molecule has 0 bridgehead atoms. The van der Waals surface area contributed by atoms with Crippen molar-refractivity contribution in [3.8, 4) is 0 Å². The Morgan fingerprint density at radius 2 is 2.18 bits per heavy atom. The predicted octanol–water partition coefficient (Wildman–Crippen LogP) is 2.83. The molecule has 3 rings (SSSR count). The van der Waals surface area contributed by atoms with Crippen LogP contribution >= 0.6 is 12.4 Å². The van der Waals surface area contributed by atoms with E-state index < -0.39 is 5.54 Å². The van der Waals surface area contributed by atoms with Crippen molar-refractivity contribution in [1.82, 2.24) is 4.90 Å². The summed E-state index contributed by atoms with van der Waals surface area (Å²) in [4.78, 5) is 14.3. The topological polar surface area (TPSA) is 46.3 Å². The lowest BCUT2D eigenvalue weighted by molar-refractivity contribution is -0.139. The molecule has 5 heteroatoms. The number of benzene rings is 1. The third kappa shape index (κ3) is 3.28. The molecule has 2 N–H and O–H groups in total. The maximum absolute atomic E-state index is 13.3. The Bertz CT molecular complexity index is 560. The summed E-state index contributed by atoms with van der Waals surface area (Å²) in [6.45, 7) is 3.38. The average Bonchev–Trinajstić information content (AvgIpc) is 2.88. The Morgan fingerprint density at radius 1 is 1.45 bits per heavy atom. The van der Waals surface area contributed by atoms with Gasteiger partial charge in [0.05, 0.1) is 5.54 Å². The summed E-state index contributed by atoms with van der Waals surface area (Å²) < 4.78 is 13.3. The highest BCUT2D eigenvalue weighted by Gasteiger charge is 2.44. The second-order valence-corrected chi connectivity index (χ2v) is 6.70. The molecule has 1 amide bonds. The van der Waals surface area contributed by atoms with Crippen LogP contribution < -0.4 is 5.73 Å². The van der Waals surface area contributed by atoms with Crippen LogP contribution in [-0.2, 0) is 11.2 Å². The van der Waals surface area contributed by atoms with Crippen LogP contribution in [0.15, 0.2) is 18.2 Å². The van der Waals surface area contributed by atoms with E-state index in [0.29, 0.717) is 11.5 Å². The quantitative estimate of drug-likeness (QED) is 0.928. The minimum absolute atomic E-state index is 0. The van der Waals surface area contributed by atoms with E-state index in [2.05, 4.69) is 0 Å². The number of carbonyl (C=O) groups is 1. The predicted molar refractivity (Wildman–Crippen MR) is 87.5 cm³/mol. The van der Waals surface area contributed by atoms with E-state index in [9.17, 15) is 9.18 Å². The number of rotatable bonds is 3. The molecule has 122 valence electrons. The first kappa shape index (κ1) is 17.2. The molecule has 1 aliphatic heterocycles. The normalized spacial score (nSPS) is 22.9. The zero-order valence-electron chi connectivity index (χ0n) is 13.0. The van der Waals surface area contributed by atoms with Gasteiger partial charge in [0.25, 0.3) is 0 Å². The summed E-state index contributed by atoms with van der Waals surface area (Å²) in [5.74, 6) is 0.436. The van der Waals surface area contributed by atoms with E-state index >= 15 is 0 Å². The monoisotopic (exact) mass is 326 g/mol. The first-order valence-corrected chi connectivity index (χ1v) is 7.81. The van der Waals surface area contributed by atoms with Crippen LogP contribution in [-0.4, -0.2) is 29.4 Å². The van der Waals surface area contributed by atoms with E-state index in [4.69, 9.17) is 5.73 Å². The molecule has 1 aliphatic carbocycles. The van der Waals surface area contributed by atoms with Crippen molar-refractivity contribution >= 4 is 18.3 Å². The third-order valence-corrected chi connectivity index (χ3v) is 4.99. The van der Waals surface area contributed by atoms with Gasteiger partial charge in [0.15, 0.2) is 0 Å². The Balaban J connectivity index is 0.00000176. The summed E-state index contributed by atoms with van der Waals surface area (Å²) in [7, 11) is 0. The summed E-state index contributed by atoms with van der Waals surface area (Å²) in [6, 6.07) is 5.30. The number of hydrogen-bond acceptors (Lipinski definition) is 2. The van der Waals surface area contributed by atoms with Crippen LogP contribution in [0.1, 0.15) is 36.8 Å². The van der Waals surface area contributed by atoms with Gasteiger partial charge in [-0.25, -0.2) is 4.39 Å². The lowest BCUT2D eigenvalue weighted by atomic mass is 9.76. The zero-order valence-corrected chi connectivity index (χ0v) is 13.8. The van der Waals surface area contributed by atoms with E-state index in [0.717, 1.165) is 50.8 Å². The molecule has 1 heterocycles. The molecule has 2 fully saturated rings. The second kappa shape index (κ2) is 6.55. The molecule has 1 atom stereocenters. The van der Waals surface area contributed by atoms with Crippen LogP contribution in [0.4, 0.5) is 4.39 Å². The van der Waals surface area contributed by atoms with Crippen molar-refractivity contribution < 1.29 is 9.18 Å². The number of nitrogens with two attached hydrogens (primary N) is 1. The molecule has 0 aromatic heterocycles. The van der Waals surface area contributed by atoms with Gasteiger partial charge in [-0.15, -0.1) is 12.4 Å². The number of aryl methyl sites for hydroxylation is 1. The highest BCUT2D eigenvalue weighted by molar-refractivity contribution is 5.87. The summed E-state index contributed by atoms with van der Waals surface area (Å²) in [6.07, 6.45) is 4.63. The van der Waals surface area contributed by atoms with Crippen molar-refractivity contribution in [2.75, 3.05) is 13.1 Å². The number of nitrogens with zero attached hydrogens (tertiary/aromatic N) is 1. The van der Waals surface area contributed by atoms with Crippen LogP contribution in [0.2, 0.25) is 0 Å². The first-order valence-electron chi connectivity index (χ1n) is 7.81. The van der Waals surface area contributed by atoms with Gasteiger partial charge < -0.3 is 10.6 Å². The highest BCUT2D eigenvalue weighted by atomic mass is 35.5. The minimum atomic E-state index is -0.582. The smallest absolute Gasteiger partial charge is 0.242 e. The fourth-order valence-corrected chi connectivity index (χ4v) is 3.44. The van der Waals surface area contributed by atoms with Crippen LogP contribution in [0.5, 0.6) is 0 Å². The van der Waals surface area contributed by atoms with Gasteiger partial charge in [-0.2, -0.15) is 0 Å². The molecule has 1 saturated carbocycles. The third-order valence-electron chi connectivity index (χ3n) is 4.99. The van der Waals surface area contributed by atoms with Gasteiger partial charge in [-0.3, -0.25) is 4.79 Å². The SMILES string of the molecule is Cc1cc(CC2CCN(C(=O)C3(N)CCC3)C2)ccc1F.Cl. The molecule has 1 saturated heterocycles. The summed E-state index contributed by atoms with van der Waals surface area (Å²) in [5.41, 5.74) is 7.39. The van der Waals surface area contributed by atoms with Crippen molar-refractivity contribution in [3.63, 3.8) is 0 Å². The van der Waals surface area contributed by atoms with Gasteiger partial charge in [0, 0.05) is 13.1 Å². The van der Waals surface area contributed by atoms with E-state index in [1.807, 2.05) is 17.0 Å². The van der Waals surface area contributed by atoms with Crippen molar-refractivity contribution in [2.24, 2.45) is 11.7 Å². The van der Waals surface area contributed by atoms with E-state index in [1.165, 1.54) is 6.07 Å². The zero-order chi connectivity index (χ0) is 15.0. The van der Waals surface area contributed by atoms with Gasteiger partial charge in [0.2, 0.25) is 5.91 Å². The molecule has 1 aromatic rings. The molecule has 22 heavy (non-hydrogen) atoms. The minimum Gasteiger partial charge on any atom is -0.341 e. The van der Waals surface area contributed by atoms with Gasteiger partial charge in [-0.05, 0) is 62.1 Å². The van der Waals surface area contributed by atoms with Gasteiger partial charge >= 0.3 is 0 Å². The molecule has 2 aliphatic rings. The maximum atomic E-state index is 13.3. The molecule has 0 radical (unpaired) electrons. The van der Waals surface area contributed by atoms with Crippen LogP contribution in [0, 0.1) is 18.7 Å². The summed E-state index contributed by atoms with van der Waals surface area (Å²) in [5, 5.41) is 0. The second-order valence-electron chi connectivity index (χ2n) is 6.70. The number of amides is 1. The fourth-order valence-electron chi connectivity index (χ4n) is 3.44. The van der Waals surface area contributed by atoms with Gasteiger partial charge in [0.1, 0.15) is 5.82 Å². The Morgan fingerprint density at radius 3 is 2.77 bits per heavy atom. The lowest BCUT2D eigenvalue weighted by Gasteiger charge is -2.39. The van der Waals surface area contributed by atoms with E-state index in [-0.39, 0.29) is 24.1 Å². The Hall–Kier alpha value is -1.13. The Labute approximate surface area is 137 Å². The molecule has 1 unspecified atom stereocenters. The standard InChI is InChI=1S/C17H23FN2O.ClH/c1-12-9-13(3-4-15(12)18)10-14-5-8-20(11-14)16(21)17(19)6-2-7-17;/h3-4,9,14H,2,5-8,10-11,19H2,1H3;1H. The molecular weight excluding hydrogens is 303 g/mol. The fraction of sp³-hybridized carbons (Fsp3) is 0.588. The van der Waals surface area contributed by atoms with Crippen molar-refractivity contribution in [2.45, 2.75) is 44.6 Å². The number of carbonyl (C=O) groups excluding carboxylic acids is 1. The van der Waals surface area contributed by atoms with Gasteiger partial charge in [-0.1, -0.05) is 12.1 Å². The molecular formula is C17H24ClFN2O. The Kier molecular flexibility index (Phi) is 5.13. The van der Waals surface area contributed by atoms with Crippen LogP contribution in [0.3, 0.4) is 0 Å². The van der Waals surface area contributed by atoms with Crippen LogP contribution in [0.25, 0.3) is 0 Å². The van der Waals surface area contributed by atoms with Crippen molar-refractivity contribution in [3.05, 3.63) is 35.1 Å². The maximum Gasteiger partial charge on any atom is 0.242 e. The van der Waals surface area contributed by atoms with Crippen molar-refractivity contribution in [1.29, 1.82) is 0 Å². The number of likely N-dealkylation sites (tertiary alicyclic amines) is 1. The first-order chi connectivity index (χ1) is 9.98. The largest absolute Gasteiger partial charge is 0.341 e. The molecule has 1 aromatic carbocycles.